The summed E-state index contributed by atoms with van der Waals surface area (Å²) < 4.78 is 52.2. The molecule has 0 atom stereocenters. The Morgan fingerprint density at radius 2 is 1.68 bits per heavy atom. The second-order valence-electron chi connectivity index (χ2n) is 9.32. The first kappa shape index (κ1) is 29.1. The van der Waals surface area contributed by atoms with Crippen LogP contribution in [0.2, 0.25) is 0 Å². The number of methoxy groups -OCH3 is 1. The summed E-state index contributed by atoms with van der Waals surface area (Å²) in [6, 6.07) is 11.3. The Hall–Kier alpha value is -3.94. The molecule has 0 unspecified atom stereocenters. The second kappa shape index (κ2) is 13.4. The summed E-state index contributed by atoms with van der Waals surface area (Å²) in [5.41, 5.74) is -0.101. The molecule has 0 saturated carbocycles. The summed E-state index contributed by atoms with van der Waals surface area (Å²) in [6.07, 6.45) is -3.18. The number of hydrogen-bond acceptors (Lipinski definition) is 8. The fraction of sp³-hybridized carbons (Fsp3) is 0.370. The van der Waals surface area contributed by atoms with Crippen molar-refractivity contribution in [1.29, 1.82) is 0 Å². The van der Waals surface area contributed by atoms with Gasteiger partial charge in [0.1, 0.15) is 17.9 Å². The van der Waals surface area contributed by atoms with E-state index >= 15 is 0 Å². The molecule has 2 aromatic carbocycles. The number of nitrogens with zero attached hydrogens (tertiary/aromatic N) is 4. The lowest BCUT2D eigenvalue weighted by atomic mass is 10.0. The molecule has 1 saturated heterocycles. The van der Waals surface area contributed by atoms with Crippen molar-refractivity contribution in [2.45, 2.75) is 12.7 Å². The average Bonchev–Trinajstić information content (AvgIpc) is 2.92. The molecular formula is C27H32F3N7O3. The smallest absolute Gasteiger partial charge is 0.416 e. The van der Waals surface area contributed by atoms with Crippen LogP contribution < -0.4 is 20.7 Å². The first-order valence-electron chi connectivity index (χ1n) is 12.7. The number of carbonyl (C=O) groups excluding carboxylic acids is 1. The largest absolute Gasteiger partial charge is 0.439 e. The number of alkyl halides is 3. The van der Waals surface area contributed by atoms with Gasteiger partial charge in [-0.25, -0.2) is 14.8 Å². The third kappa shape index (κ3) is 8.53. The number of hydrogen-bond donors (Lipinski definition) is 3. The number of nitrogens with one attached hydrogen (secondary N) is 3. The lowest BCUT2D eigenvalue weighted by molar-refractivity contribution is -0.138. The van der Waals surface area contributed by atoms with E-state index in [0.717, 1.165) is 19.2 Å². The maximum atomic E-state index is 13.8. The van der Waals surface area contributed by atoms with Crippen molar-refractivity contribution in [2.24, 2.45) is 0 Å². The summed E-state index contributed by atoms with van der Waals surface area (Å²) >= 11 is 0. The Morgan fingerprint density at radius 3 is 2.38 bits per heavy atom. The third-order valence-corrected chi connectivity index (χ3v) is 6.25. The van der Waals surface area contributed by atoms with Gasteiger partial charge in [0.05, 0.1) is 12.2 Å². The number of halogens is 3. The van der Waals surface area contributed by atoms with Gasteiger partial charge in [0.2, 0.25) is 5.88 Å². The van der Waals surface area contributed by atoms with Crippen molar-refractivity contribution < 1.29 is 27.4 Å². The molecule has 4 rings (SSSR count). The molecule has 0 bridgehead atoms. The van der Waals surface area contributed by atoms with Crippen LogP contribution in [0.1, 0.15) is 11.1 Å². The molecule has 13 heteroatoms. The lowest BCUT2D eigenvalue weighted by Crippen LogP contribution is -2.44. The molecule has 1 aliphatic heterocycles. The van der Waals surface area contributed by atoms with E-state index in [-0.39, 0.29) is 17.8 Å². The highest BCUT2D eigenvalue weighted by Gasteiger charge is 2.34. The Bertz CT molecular complexity index is 1270. The minimum atomic E-state index is -4.55. The van der Waals surface area contributed by atoms with Gasteiger partial charge in [0, 0.05) is 63.8 Å². The van der Waals surface area contributed by atoms with Gasteiger partial charge >= 0.3 is 12.2 Å². The highest BCUT2D eigenvalue weighted by Crippen LogP contribution is 2.34. The maximum Gasteiger partial charge on any atom is 0.416 e. The molecule has 3 aromatic rings. The van der Waals surface area contributed by atoms with Gasteiger partial charge < -0.3 is 30.3 Å². The molecule has 2 amide bonds. The number of amides is 2. The quantitative estimate of drug-likeness (QED) is 0.306. The minimum Gasteiger partial charge on any atom is -0.439 e. The van der Waals surface area contributed by atoms with Crippen LogP contribution in [0, 0.1) is 0 Å². The van der Waals surface area contributed by atoms with Gasteiger partial charge in [0.15, 0.2) is 0 Å². The molecule has 40 heavy (non-hydrogen) atoms. The van der Waals surface area contributed by atoms with Crippen LogP contribution in [0.3, 0.4) is 0 Å². The van der Waals surface area contributed by atoms with Crippen LogP contribution in [0.5, 0.6) is 11.6 Å². The first-order chi connectivity index (χ1) is 19.2. The fourth-order valence-electron chi connectivity index (χ4n) is 4.10. The minimum absolute atomic E-state index is 0.0468. The van der Waals surface area contributed by atoms with E-state index < -0.39 is 17.8 Å². The van der Waals surface area contributed by atoms with Gasteiger partial charge in [-0.15, -0.1) is 0 Å². The third-order valence-electron chi connectivity index (χ3n) is 6.25. The zero-order valence-electron chi connectivity index (χ0n) is 22.3. The zero-order chi connectivity index (χ0) is 28.5. The predicted molar refractivity (Wildman–Crippen MR) is 146 cm³/mol. The molecular weight excluding hydrogens is 527 g/mol. The van der Waals surface area contributed by atoms with Crippen molar-refractivity contribution in [3.05, 3.63) is 66.0 Å². The van der Waals surface area contributed by atoms with Crippen molar-refractivity contribution in [3.63, 3.8) is 0 Å². The number of anilines is 3. The summed E-state index contributed by atoms with van der Waals surface area (Å²) in [6.45, 7) is 4.32. The molecule has 1 fully saturated rings. The van der Waals surface area contributed by atoms with E-state index in [4.69, 9.17) is 9.47 Å². The van der Waals surface area contributed by atoms with Crippen molar-refractivity contribution in [3.8, 4) is 11.6 Å². The average molecular weight is 560 g/mol. The van der Waals surface area contributed by atoms with E-state index in [9.17, 15) is 18.0 Å². The number of benzene rings is 2. The monoisotopic (exact) mass is 559 g/mol. The summed E-state index contributed by atoms with van der Waals surface area (Å²) in [5.74, 6) is 1.38. The number of piperazine rings is 1. The molecule has 0 aliphatic carbocycles. The number of rotatable bonds is 10. The van der Waals surface area contributed by atoms with Gasteiger partial charge in [-0.1, -0.05) is 6.07 Å². The Balaban J connectivity index is 1.34. The van der Waals surface area contributed by atoms with Crippen LogP contribution >= 0.6 is 0 Å². The van der Waals surface area contributed by atoms with E-state index in [1.807, 2.05) is 11.9 Å². The van der Waals surface area contributed by atoms with Crippen LogP contribution in [0.4, 0.5) is 35.2 Å². The second-order valence-corrected chi connectivity index (χ2v) is 9.32. The zero-order valence-corrected chi connectivity index (χ0v) is 22.3. The predicted octanol–water partition coefficient (Wildman–Crippen LogP) is 4.74. The molecule has 1 aromatic heterocycles. The van der Waals surface area contributed by atoms with E-state index in [1.165, 1.54) is 18.5 Å². The molecule has 3 N–H and O–H groups in total. The summed E-state index contributed by atoms with van der Waals surface area (Å²) in [5, 5.41) is 8.18. The number of likely N-dealkylation sites (N-methyl/N-ethyl adjacent to an activating group) is 1. The van der Waals surface area contributed by atoms with Crippen LogP contribution in [-0.4, -0.2) is 79.3 Å². The van der Waals surface area contributed by atoms with Gasteiger partial charge in [-0.3, -0.25) is 4.90 Å². The summed E-state index contributed by atoms with van der Waals surface area (Å²) in [4.78, 5) is 24.8. The van der Waals surface area contributed by atoms with Gasteiger partial charge in [0.25, 0.3) is 0 Å². The SMILES string of the molecule is COCCNc1cc(Oc2ccc(NC(=O)Nc3ccc(CN4CCN(C)CC4)c(C(F)(F)F)c3)cc2)ncn1. The molecule has 2 heterocycles. The Labute approximate surface area is 230 Å². The standard InChI is InChI=1S/C27H32F3N7O3/c1-36-10-12-37(13-11-36)17-19-3-4-21(15-23(19)27(28,29)30)35-26(38)34-20-5-7-22(8-6-20)40-25-16-24(32-18-33-25)31-9-14-39-2/h3-8,15-16,18H,9-14,17H2,1-2H3,(H,31,32,33)(H2,34,35,38). The first-order valence-corrected chi connectivity index (χ1v) is 12.7. The number of ether oxygens (including phenoxy) is 2. The topological polar surface area (TPSA) is 104 Å². The Morgan fingerprint density at radius 1 is 0.975 bits per heavy atom. The molecule has 0 spiro atoms. The van der Waals surface area contributed by atoms with Gasteiger partial charge in [-0.2, -0.15) is 13.2 Å². The highest BCUT2D eigenvalue weighted by atomic mass is 19.4. The van der Waals surface area contributed by atoms with E-state index in [0.29, 0.717) is 49.4 Å². The maximum absolute atomic E-state index is 13.8. The number of carbonyl (C=O) groups is 1. The number of aromatic nitrogens is 2. The van der Waals surface area contributed by atoms with Crippen molar-refractivity contribution in [2.75, 3.05) is 69.4 Å². The van der Waals surface area contributed by atoms with E-state index in [1.54, 1.807) is 37.4 Å². The molecule has 214 valence electrons. The lowest BCUT2D eigenvalue weighted by Gasteiger charge is -2.33. The van der Waals surface area contributed by atoms with Crippen molar-refractivity contribution >= 4 is 23.2 Å². The number of urea groups is 1. The molecule has 1 aliphatic rings. The molecule has 0 radical (unpaired) electrons. The normalized spacial score (nSPS) is 14.5. The van der Waals surface area contributed by atoms with Crippen molar-refractivity contribution in [1.82, 2.24) is 19.8 Å². The Kier molecular flexibility index (Phi) is 9.74. The van der Waals surface area contributed by atoms with E-state index in [2.05, 4.69) is 30.8 Å². The summed E-state index contributed by atoms with van der Waals surface area (Å²) in [7, 11) is 3.60. The highest BCUT2D eigenvalue weighted by molar-refractivity contribution is 5.99. The van der Waals surface area contributed by atoms with Crippen LogP contribution in [0.25, 0.3) is 0 Å². The molecule has 10 nitrogen and oxygen atoms in total. The van der Waals surface area contributed by atoms with Crippen LogP contribution in [0.15, 0.2) is 54.9 Å². The van der Waals surface area contributed by atoms with Crippen LogP contribution in [-0.2, 0) is 17.5 Å². The van der Waals surface area contributed by atoms with Gasteiger partial charge in [-0.05, 0) is 49.0 Å². The fourth-order valence-corrected chi connectivity index (χ4v) is 4.10.